The summed E-state index contributed by atoms with van der Waals surface area (Å²) < 4.78 is 9.19. The Morgan fingerprint density at radius 3 is 1.90 bits per heavy atom. The average molecular weight is 416 g/mol. The Kier molecular flexibility index (Phi) is 16.3. The highest BCUT2D eigenvalue weighted by atomic mass is 16.5. The summed E-state index contributed by atoms with van der Waals surface area (Å²) >= 11 is 0. The minimum absolute atomic E-state index is 0.00340. The van der Waals surface area contributed by atoms with E-state index in [0.29, 0.717) is 6.42 Å². The molecule has 2 unspecified atom stereocenters. The summed E-state index contributed by atoms with van der Waals surface area (Å²) in [5.41, 5.74) is 0. The number of carbonyl (C=O) groups is 3. The Hall–Kier alpha value is -1.63. The zero-order valence-corrected chi connectivity index (χ0v) is 18.7. The van der Waals surface area contributed by atoms with Gasteiger partial charge in [-0.2, -0.15) is 0 Å². The summed E-state index contributed by atoms with van der Waals surface area (Å²) in [5, 5.41) is 12.6. The molecule has 0 aromatic heterocycles. The molecule has 0 aromatic rings. The van der Waals surface area contributed by atoms with Gasteiger partial charge in [0.2, 0.25) is 5.91 Å². The monoisotopic (exact) mass is 415 g/mol. The van der Waals surface area contributed by atoms with Gasteiger partial charge >= 0.3 is 11.9 Å². The van der Waals surface area contributed by atoms with Crippen molar-refractivity contribution in [3.63, 3.8) is 0 Å². The predicted molar refractivity (Wildman–Crippen MR) is 112 cm³/mol. The summed E-state index contributed by atoms with van der Waals surface area (Å²) in [7, 11) is 2.48. The number of carbonyl (C=O) groups excluding carboxylic acids is 3. The molecule has 2 N–H and O–H groups in total. The quantitative estimate of drug-likeness (QED) is 0.278. The van der Waals surface area contributed by atoms with Crippen LogP contribution in [0.2, 0.25) is 0 Å². The van der Waals surface area contributed by atoms with Crippen LogP contribution in [0.25, 0.3) is 0 Å². The maximum Gasteiger partial charge on any atom is 0.328 e. The van der Waals surface area contributed by atoms with Crippen molar-refractivity contribution in [2.75, 3.05) is 14.2 Å². The van der Waals surface area contributed by atoms with Crippen LogP contribution in [0.5, 0.6) is 0 Å². The van der Waals surface area contributed by atoms with Crippen LogP contribution in [-0.2, 0) is 23.9 Å². The molecule has 1 amide bonds. The molecule has 0 rings (SSSR count). The lowest BCUT2D eigenvalue weighted by Crippen LogP contribution is -2.42. The van der Waals surface area contributed by atoms with Gasteiger partial charge in [0, 0.05) is 6.42 Å². The fraction of sp³-hybridized carbons (Fsp3) is 0.864. The Bertz CT molecular complexity index is 466. The number of methoxy groups -OCH3 is 2. The zero-order valence-electron chi connectivity index (χ0n) is 18.7. The third kappa shape index (κ3) is 15.9. The lowest BCUT2D eigenvalue weighted by atomic mass is 10.0. The molecule has 0 aliphatic heterocycles. The van der Waals surface area contributed by atoms with Crippen LogP contribution >= 0.6 is 0 Å². The molecule has 0 fully saturated rings. The van der Waals surface area contributed by atoms with Gasteiger partial charge in [-0.1, -0.05) is 65.2 Å². The minimum atomic E-state index is -0.922. The lowest BCUT2D eigenvalue weighted by molar-refractivity contribution is -0.146. The number of ether oxygens (including phenoxy) is 2. The SMILES string of the molecule is COC(=O)CCC(NC(=O)CC(O)CCCCCCCCCC(C)C)C(=O)OC. The van der Waals surface area contributed by atoms with E-state index in [9.17, 15) is 19.5 Å². The van der Waals surface area contributed by atoms with E-state index in [4.69, 9.17) is 0 Å². The van der Waals surface area contributed by atoms with Gasteiger partial charge in [-0.3, -0.25) is 9.59 Å². The fourth-order valence-corrected chi connectivity index (χ4v) is 3.14. The highest BCUT2D eigenvalue weighted by Gasteiger charge is 2.23. The summed E-state index contributed by atoms with van der Waals surface area (Å²) in [6, 6.07) is -0.922. The standard InChI is InChI=1S/C22H41NO6/c1-17(2)12-10-8-6-5-7-9-11-13-18(24)16-20(25)23-19(22(27)29-4)14-15-21(26)28-3/h17-19,24H,5-16H2,1-4H3,(H,23,25). The predicted octanol–water partition coefficient (Wildman–Crippen LogP) is 3.52. The van der Waals surface area contributed by atoms with E-state index < -0.39 is 30.0 Å². The molecule has 0 saturated carbocycles. The second kappa shape index (κ2) is 17.2. The van der Waals surface area contributed by atoms with Gasteiger partial charge in [-0.15, -0.1) is 0 Å². The molecule has 0 aromatic carbocycles. The highest BCUT2D eigenvalue weighted by Crippen LogP contribution is 2.14. The Morgan fingerprint density at radius 2 is 1.38 bits per heavy atom. The molecule has 2 atom stereocenters. The van der Waals surface area contributed by atoms with Gasteiger partial charge in [0.15, 0.2) is 0 Å². The van der Waals surface area contributed by atoms with Gasteiger partial charge in [-0.25, -0.2) is 4.79 Å². The van der Waals surface area contributed by atoms with Crippen molar-refractivity contribution in [3.8, 4) is 0 Å². The molecule has 0 radical (unpaired) electrons. The molecule has 0 bridgehead atoms. The molecule has 7 heteroatoms. The Morgan fingerprint density at radius 1 is 0.828 bits per heavy atom. The number of unbranched alkanes of at least 4 members (excludes halogenated alkanes) is 6. The first-order chi connectivity index (χ1) is 13.8. The number of hydrogen-bond acceptors (Lipinski definition) is 6. The van der Waals surface area contributed by atoms with Gasteiger partial charge in [0.05, 0.1) is 26.7 Å². The molecule has 7 nitrogen and oxygen atoms in total. The molecule has 29 heavy (non-hydrogen) atoms. The number of aliphatic hydroxyl groups is 1. The van der Waals surface area contributed by atoms with Crippen LogP contribution in [0, 0.1) is 5.92 Å². The Labute approximate surface area is 175 Å². The van der Waals surface area contributed by atoms with Crippen LogP contribution in [0.15, 0.2) is 0 Å². The van der Waals surface area contributed by atoms with Gasteiger partial charge < -0.3 is 19.9 Å². The van der Waals surface area contributed by atoms with Crippen molar-refractivity contribution >= 4 is 17.8 Å². The average Bonchev–Trinajstić information content (AvgIpc) is 2.68. The molecular formula is C22H41NO6. The zero-order chi connectivity index (χ0) is 22.1. The van der Waals surface area contributed by atoms with Crippen molar-refractivity contribution in [3.05, 3.63) is 0 Å². The van der Waals surface area contributed by atoms with Crippen LogP contribution in [0.1, 0.15) is 90.9 Å². The first-order valence-corrected chi connectivity index (χ1v) is 10.9. The van der Waals surface area contributed by atoms with Crippen LogP contribution < -0.4 is 5.32 Å². The van der Waals surface area contributed by atoms with Crippen LogP contribution in [0.4, 0.5) is 0 Å². The molecule has 170 valence electrons. The number of rotatable bonds is 17. The number of esters is 2. The van der Waals surface area contributed by atoms with E-state index in [1.165, 1.54) is 46.3 Å². The largest absolute Gasteiger partial charge is 0.469 e. The summed E-state index contributed by atoms with van der Waals surface area (Å²) in [5.74, 6) is -0.731. The first kappa shape index (κ1) is 27.4. The van der Waals surface area contributed by atoms with E-state index in [-0.39, 0.29) is 19.3 Å². The smallest absolute Gasteiger partial charge is 0.328 e. The molecule has 0 spiro atoms. The molecular weight excluding hydrogens is 374 g/mol. The van der Waals surface area contributed by atoms with E-state index in [1.807, 2.05) is 0 Å². The maximum atomic E-state index is 12.1. The number of nitrogens with one attached hydrogen (secondary N) is 1. The number of amides is 1. The number of hydrogen-bond donors (Lipinski definition) is 2. The van der Waals surface area contributed by atoms with Crippen molar-refractivity contribution in [2.45, 2.75) is 103 Å². The van der Waals surface area contributed by atoms with Crippen LogP contribution in [-0.4, -0.2) is 49.3 Å². The molecule has 0 heterocycles. The van der Waals surface area contributed by atoms with Gasteiger partial charge in [0.25, 0.3) is 0 Å². The third-order valence-corrected chi connectivity index (χ3v) is 4.93. The summed E-state index contributed by atoms with van der Waals surface area (Å²) in [6.07, 6.45) is 9.30. The summed E-state index contributed by atoms with van der Waals surface area (Å²) in [6.45, 7) is 4.51. The lowest BCUT2D eigenvalue weighted by Gasteiger charge is -2.17. The number of aliphatic hydroxyl groups excluding tert-OH is 1. The molecule has 0 aliphatic rings. The van der Waals surface area contributed by atoms with E-state index >= 15 is 0 Å². The molecule has 0 aliphatic carbocycles. The van der Waals surface area contributed by atoms with Crippen molar-refractivity contribution < 1.29 is 29.0 Å². The van der Waals surface area contributed by atoms with Gasteiger partial charge in [-0.05, 0) is 18.8 Å². The van der Waals surface area contributed by atoms with E-state index in [2.05, 4.69) is 28.6 Å². The molecule has 0 saturated heterocycles. The highest BCUT2D eigenvalue weighted by molar-refractivity contribution is 5.85. The minimum Gasteiger partial charge on any atom is -0.469 e. The Balaban J connectivity index is 3.94. The second-order valence-corrected chi connectivity index (χ2v) is 8.06. The van der Waals surface area contributed by atoms with E-state index in [1.54, 1.807) is 0 Å². The topological polar surface area (TPSA) is 102 Å². The van der Waals surface area contributed by atoms with Crippen molar-refractivity contribution in [2.24, 2.45) is 5.92 Å². The summed E-state index contributed by atoms with van der Waals surface area (Å²) in [4.78, 5) is 35.1. The second-order valence-electron chi connectivity index (χ2n) is 8.06. The maximum absolute atomic E-state index is 12.1. The first-order valence-electron chi connectivity index (χ1n) is 10.9. The fourth-order valence-electron chi connectivity index (χ4n) is 3.14. The van der Waals surface area contributed by atoms with Gasteiger partial charge in [0.1, 0.15) is 6.04 Å². The normalized spacial score (nSPS) is 13.0. The van der Waals surface area contributed by atoms with Crippen molar-refractivity contribution in [1.29, 1.82) is 0 Å². The van der Waals surface area contributed by atoms with E-state index in [0.717, 1.165) is 25.2 Å². The van der Waals surface area contributed by atoms with Crippen molar-refractivity contribution in [1.82, 2.24) is 5.32 Å². The van der Waals surface area contributed by atoms with Crippen LogP contribution in [0.3, 0.4) is 0 Å². The third-order valence-electron chi connectivity index (χ3n) is 4.93.